The highest BCUT2D eigenvalue weighted by Crippen LogP contribution is 2.29. The first-order valence-electron chi connectivity index (χ1n) is 10.5. The Kier molecular flexibility index (Phi) is 7.31. The van der Waals surface area contributed by atoms with Gasteiger partial charge >= 0.3 is 6.18 Å². The summed E-state index contributed by atoms with van der Waals surface area (Å²) in [6.45, 7) is 2.00. The molecule has 1 heterocycles. The Morgan fingerprint density at radius 3 is 2.34 bits per heavy atom. The zero-order chi connectivity index (χ0) is 24.8. The number of carbonyl (C=O) groups excluding carboxylic acids is 1. The molecule has 0 saturated carbocycles. The number of hydrogen-bond donors (Lipinski definition) is 1. The molecule has 0 radical (unpaired) electrons. The number of benzene rings is 3. The first-order chi connectivity index (χ1) is 16.8. The van der Waals surface area contributed by atoms with Gasteiger partial charge in [-0.3, -0.25) is 9.36 Å². The average molecular weight is 496 g/mol. The van der Waals surface area contributed by atoms with E-state index in [9.17, 15) is 18.0 Å². The van der Waals surface area contributed by atoms with Crippen LogP contribution in [0.2, 0.25) is 0 Å². The molecule has 0 spiro atoms. The minimum Gasteiger partial charge on any atom is -0.272 e. The highest BCUT2D eigenvalue weighted by Gasteiger charge is 2.29. The van der Waals surface area contributed by atoms with E-state index in [1.165, 1.54) is 30.1 Å². The van der Waals surface area contributed by atoms with Crippen molar-refractivity contribution in [2.45, 2.75) is 18.3 Å². The molecule has 0 atom stereocenters. The molecule has 0 bridgehead atoms. The second-order valence-corrected chi connectivity index (χ2v) is 8.49. The second-order valence-electron chi connectivity index (χ2n) is 7.54. The Bertz CT molecular complexity index is 1320. The first-order valence-corrected chi connectivity index (χ1v) is 11.5. The number of hydrazone groups is 1. The summed E-state index contributed by atoms with van der Waals surface area (Å²) in [5, 5.41) is 13.0. The Balaban J connectivity index is 1.44. The summed E-state index contributed by atoms with van der Waals surface area (Å²) in [6, 6.07) is 22.0. The maximum absolute atomic E-state index is 12.7. The molecule has 10 heteroatoms. The summed E-state index contributed by atoms with van der Waals surface area (Å²) in [4.78, 5) is 12.3. The second kappa shape index (κ2) is 10.6. The third-order valence-electron chi connectivity index (χ3n) is 4.93. The van der Waals surface area contributed by atoms with E-state index in [2.05, 4.69) is 20.7 Å². The number of nitrogens with one attached hydrogen (secondary N) is 1. The highest BCUT2D eigenvalue weighted by molar-refractivity contribution is 7.99. The number of halogens is 3. The van der Waals surface area contributed by atoms with Gasteiger partial charge in [0.1, 0.15) is 0 Å². The molecule has 0 aliphatic carbocycles. The van der Waals surface area contributed by atoms with Gasteiger partial charge in [0.25, 0.3) is 5.91 Å². The molecule has 4 rings (SSSR count). The fourth-order valence-corrected chi connectivity index (χ4v) is 3.91. The lowest BCUT2D eigenvalue weighted by Crippen LogP contribution is -2.20. The Morgan fingerprint density at radius 2 is 1.69 bits per heavy atom. The standard InChI is InChI=1S/C25H20F3N5OS/c1-17-7-13-21(14-8-17)33-23(19-5-3-2-4-6-19)31-32-24(33)35-16-22(34)30-29-15-18-9-11-20(12-10-18)25(26,27)28/h2-15H,16H2,1H3,(H,30,34). The lowest BCUT2D eigenvalue weighted by atomic mass is 10.1. The van der Waals surface area contributed by atoms with E-state index < -0.39 is 17.6 Å². The van der Waals surface area contributed by atoms with E-state index in [1.54, 1.807) is 0 Å². The number of amides is 1. The van der Waals surface area contributed by atoms with Gasteiger partial charge in [-0.05, 0) is 36.8 Å². The topological polar surface area (TPSA) is 72.2 Å². The normalized spacial score (nSPS) is 11.7. The van der Waals surface area contributed by atoms with Gasteiger partial charge in [0.05, 0.1) is 17.5 Å². The molecule has 178 valence electrons. The quantitative estimate of drug-likeness (QED) is 0.209. The van der Waals surface area contributed by atoms with E-state index in [4.69, 9.17) is 0 Å². The SMILES string of the molecule is Cc1ccc(-n2c(SCC(=O)NN=Cc3ccc(C(F)(F)F)cc3)nnc2-c2ccccc2)cc1. The Morgan fingerprint density at radius 1 is 1.00 bits per heavy atom. The van der Waals surface area contributed by atoms with Gasteiger partial charge in [0.15, 0.2) is 11.0 Å². The number of aryl methyl sites for hydroxylation is 1. The molecule has 0 saturated heterocycles. The molecule has 0 aliphatic heterocycles. The molecule has 0 aliphatic rings. The van der Waals surface area contributed by atoms with Crippen molar-refractivity contribution in [3.05, 3.63) is 95.6 Å². The molecule has 6 nitrogen and oxygen atoms in total. The summed E-state index contributed by atoms with van der Waals surface area (Å²) >= 11 is 1.20. The predicted octanol–water partition coefficient (Wildman–Crippen LogP) is 5.50. The van der Waals surface area contributed by atoms with Crippen molar-refractivity contribution in [2.75, 3.05) is 5.75 Å². The van der Waals surface area contributed by atoms with Gasteiger partial charge in [0, 0.05) is 11.3 Å². The Hall–Kier alpha value is -3.92. The molecular formula is C25H20F3N5OS. The van der Waals surface area contributed by atoms with Crippen LogP contribution < -0.4 is 5.43 Å². The van der Waals surface area contributed by atoms with Crippen LogP contribution in [0.25, 0.3) is 17.1 Å². The number of alkyl halides is 3. The van der Waals surface area contributed by atoms with Crippen LogP contribution in [-0.2, 0) is 11.0 Å². The van der Waals surface area contributed by atoms with Crippen LogP contribution in [-0.4, -0.2) is 32.6 Å². The van der Waals surface area contributed by atoms with Gasteiger partial charge in [-0.25, -0.2) is 5.43 Å². The van der Waals surface area contributed by atoms with Crippen LogP contribution in [0.4, 0.5) is 13.2 Å². The lowest BCUT2D eigenvalue weighted by Gasteiger charge is -2.10. The van der Waals surface area contributed by atoms with E-state index in [-0.39, 0.29) is 5.75 Å². The van der Waals surface area contributed by atoms with Crippen LogP contribution in [0.3, 0.4) is 0 Å². The fraction of sp³-hybridized carbons (Fsp3) is 0.120. The third-order valence-corrected chi connectivity index (χ3v) is 5.86. The third kappa shape index (κ3) is 6.15. The zero-order valence-corrected chi connectivity index (χ0v) is 19.3. The molecular weight excluding hydrogens is 475 g/mol. The molecule has 4 aromatic rings. The summed E-state index contributed by atoms with van der Waals surface area (Å²) in [6.07, 6.45) is -3.12. The maximum Gasteiger partial charge on any atom is 0.416 e. The van der Waals surface area contributed by atoms with Gasteiger partial charge in [0.2, 0.25) is 0 Å². The molecule has 3 aromatic carbocycles. The van der Waals surface area contributed by atoms with Crippen molar-refractivity contribution in [3.8, 4) is 17.1 Å². The number of thioether (sulfide) groups is 1. The summed E-state index contributed by atoms with van der Waals surface area (Å²) < 4.78 is 39.8. The monoisotopic (exact) mass is 495 g/mol. The predicted molar refractivity (Wildman–Crippen MR) is 129 cm³/mol. The van der Waals surface area contributed by atoms with Crippen LogP contribution in [0, 0.1) is 6.92 Å². The van der Waals surface area contributed by atoms with Crippen molar-refractivity contribution >= 4 is 23.9 Å². The molecule has 1 N–H and O–H groups in total. The summed E-state index contributed by atoms with van der Waals surface area (Å²) in [5.74, 6) is 0.277. The summed E-state index contributed by atoms with van der Waals surface area (Å²) in [5.41, 5.74) is 4.93. The maximum atomic E-state index is 12.7. The van der Waals surface area contributed by atoms with Crippen LogP contribution >= 0.6 is 11.8 Å². The largest absolute Gasteiger partial charge is 0.416 e. The number of aromatic nitrogens is 3. The smallest absolute Gasteiger partial charge is 0.272 e. The highest BCUT2D eigenvalue weighted by atomic mass is 32.2. The van der Waals surface area contributed by atoms with Crippen LogP contribution in [0.15, 0.2) is 89.1 Å². The number of rotatable bonds is 7. The average Bonchev–Trinajstić information content (AvgIpc) is 3.27. The first kappa shape index (κ1) is 24.2. The molecule has 1 amide bonds. The fourth-order valence-electron chi connectivity index (χ4n) is 3.16. The van der Waals surface area contributed by atoms with Crippen molar-refractivity contribution < 1.29 is 18.0 Å². The van der Waals surface area contributed by atoms with Gasteiger partial charge < -0.3 is 0 Å². The van der Waals surface area contributed by atoms with Crippen molar-refractivity contribution in [2.24, 2.45) is 5.10 Å². The molecule has 0 fully saturated rings. The minimum atomic E-state index is -4.40. The number of carbonyl (C=O) groups is 1. The van der Waals surface area contributed by atoms with Gasteiger partial charge in [-0.2, -0.15) is 18.3 Å². The van der Waals surface area contributed by atoms with Crippen molar-refractivity contribution in [3.63, 3.8) is 0 Å². The van der Waals surface area contributed by atoms with Crippen LogP contribution in [0.1, 0.15) is 16.7 Å². The zero-order valence-electron chi connectivity index (χ0n) is 18.5. The van der Waals surface area contributed by atoms with E-state index in [1.807, 2.05) is 66.1 Å². The molecule has 1 aromatic heterocycles. The van der Waals surface area contributed by atoms with E-state index in [0.717, 1.165) is 28.9 Å². The van der Waals surface area contributed by atoms with Gasteiger partial charge in [-0.1, -0.05) is 71.9 Å². The van der Waals surface area contributed by atoms with Crippen molar-refractivity contribution in [1.82, 2.24) is 20.2 Å². The Labute approximate surface area is 203 Å². The summed E-state index contributed by atoms with van der Waals surface area (Å²) in [7, 11) is 0. The minimum absolute atomic E-state index is 0.0170. The van der Waals surface area contributed by atoms with E-state index in [0.29, 0.717) is 16.5 Å². The van der Waals surface area contributed by atoms with Gasteiger partial charge in [-0.15, -0.1) is 10.2 Å². The molecule has 35 heavy (non-hydrogen) atoms. The van der Waals surface area contributed by atoms with Crippen molar-refractivity contribution in [1.29, 1.82) is 0 Å². The number of nitrogens with zero attached hydrogens (tertiary/aromatic N) is 4. The number of hydrogen-bond acceptors (Lipinski definition) is 5. The molecule has 0 unspecified atom stereocenters. The lowest BCUT2D eigenvalue weighted by molar-refractivity contribution is -0.137. The van der Waals surface area contributed by atoms with Crippen LogP contribution in [0.5, 0.6) is 0 Å². The van der Waals surface area contributed by atoms with E-state index >= 15 is 0 Å².